The summed E-state index contributed by atoms with van der Waals surface area (Å²) >= 11 is 0. The lowest BCUT2D eigenvalue weighted by atomic mass is 9.97. The zero-order valence-corrected chi connectivity index (χ0v) is 22.0. The molecule has 1 aromatic heterocycles. The number of alkyl halides is 3. The second-order valence-electron chi connectivity index (χ2n) is 9.82. The van der Waals surface area contributed by atoms with E-state index in [4.69, 9.17) is 14.2 Å². The minimum absolute atomic E-state index is 0.0542. The van der Waals surface area contributed by atoms with Crippen LogP contribution in [0.5, 0.6) is 17.5 Å². The molecule has 0 fully saturated rings. The highest BCUT2D eigenvalue weighted by molar-refractivity contribution is 5.98. The zero-order valence-electron chi connectivity index (χ0n) is 22.0. The molecular formula is C29H23F4N3O6. The van der Waals surface area contributed by atoms with Crippen LogP contribution in [0.4, 0.5) is 23.2 Å². The maximum atomic E-state index is 14.2. The van der Waals surface area contributed by atoms with Gasteiger partial charge in [-0.1, -0.05) is 18.2 Å². The molecule has 3 heterocycles. The Hall–Kier alpha value is -4.81. The van der Waals surface area contributed by atoms with Gasteiger partial charge in [0.2, 0.25) is 0 Å². The molecular weight excluding hydrogens is 562 g/mol. The molecule has 3 aromatic carbocycles. The number of imidazole rings is 1. The number of carboxylic acid groups (broad SMARTS) is 1. The van der Waals surface area contributed by atoms with Crippen LogP contribution in [0.2, 0.25) is 0 Å². The van der Waals surface area contributed by atoms with Gasteiger partial charge < -0.3 is 19.3 Å². The van der Waals surface area contributed by atoms with E-state index in [0.29, 0.717) is 27.2 Å². The number of aliphatic carboxylic acids is 1. The topological polar surface area (TPSA) is 103 Å². The van der Waals surface area contributed by atoms with E-state index >= 15 is 0 Å². The van der Waals surface area contributed by atoms with E-state index in [9.17, 15) is 32.3 Å². The van der Waals surface area contributed by atoms with E-state index in [0.717, 1.165) is 0 Å². The molecule has 0 bridgehead atoms. The SMILES string of the molecule is CCOc1nc2ccc(F)cc2n1-c1cccc2c1OC[C@H]2N(C(=O)C(F)(F)F)c1ccc2c(c1)OC[C@H]2CC(=O)O. The number of anilines is 1. The number of hydrogen-bond acceptors (Lipinski definition) is 6. The summed E-state index contributed by atoms with van der Waals surface area (Å²) in [5, 5.41) is 9.17. The van der Waals surface area contributed by atoms with Gasteiger partial charge in [-0.2, -0.15) is 18.2 Å². The number of rotatable bonds is 7. The predicted molar refractivity (Wildman–Crippen MR) is 141 cm³/mol. The summed E-state index contributed by atoms with van der Waals surface area (Å²) in [6.07, 6.45) is -5.42. The molecule has 2 atom stereocenters. The van der Waals surface area contributed by atoms with Crippen molar-refractivity contribution in [3.8, 4) is 23.2 Å². The molecule has 9 nitrogen and oxygen atoms in total. The minimum atomic E-state index is -5.22. The predicted octanol–water partition coefficient (Wildman–Crippen LogP) is 5.54. The van der Waals surface area contributed by atoms with Crippen molar-refractivity contribution < 1.29 is 46.5 Å². The molecule has 0 aliphatic carbocycles. The Bertz CT molecular complexity index is 1720. The lowest BCUT2D eigenvalue weighted by Gasteiger charge is -2.29. The van der Waals surface area contributed by atoms with Gasteiger partial charge >= 0.3 is 24.1 Å². The van der Waals surface area contributed by atoms with E-state index in [1.54, 1.807) is 25.1 Å². The van der Waals surface area contributed by atoms with Crippen molar-refractivity contribution in [3.05, 3.63) is 71.5 Å². The zero-order chi connectivity index (χ0) is 29.8. The third-order valence-electron chi connectivity index (χ3n) is 7.22. The van der Waals surface area contributed by atoms with E-state index < -0.39 is 35.8 Å². The smallest absolute Gasteiger partial charge is 0.471 e. The Morgan fingerprint density at radius 1 is 1.10 bits per heavy atom. The van der Waals surface area contributed by atoms with Crippen molar-refractivity contribution in [1.29, 1.82) is 0 Å². The number of para-hydroxylation sites is 1. The van der Waals surface area contributed by atoms with Crippen molar-refractivity contribution in [2.24, 2.45) is 0 Å². The second-order valence-corrected chi connectivity index (χ2v) is 9.82. The fourth-order valence-electron chi connectivity index (χ4n) is 5.46. The van der Waals surface area contributed by atoms with Crippen molar-refractivity contribution in [2.45, 2.75) is 31.5 Å². The molecule has 218 valence electrons. The number of carboxylic acids is 1. The van der Waals surface area contributed by atoms with Crippen LogP contribution in [0.3, 0.4) is 0 Å². The summed E-state index contributed by atoms with van der Waals surface area (Å²) in [4.78, 5) is 29.1. The van der Waals surface area contributed by atoms with E-state index in [1.165, 1.54) is 41.0 Å². The van der Waals surface area contributed by atoms with Gasteiger partial charge in [0.05, 0.1) is 42.4 Å². The maximum Gasteiger partial charge on any atom is 0.471 e. The van der Waals surface area contributed by atoms with Gasteiger partial charge in [0, 0.05) is 34.9 Å². The molecule has 2 aliphatic heterocycles. The molecule has 1 N–H and O–H groups in total. The Kier molecular flexibility index (Phi) is 6.66. The van der Waals surface area contributed by atoms with Crippen molar-refractivity contribution in [3.63, 3.8) is 0 Å². The fraction of sp³-hybridized carbons (Fsp3) is 0.276. The van der Waals surface area contributed by atoms with Crippen LogP contribution >= 0.6 is 0 Å². The van der Waals surface area contributed by atoms with Crippen LogP contribution in [-0.2, 0) is 9.59 Å². The van der Waals surface area contributed by atoms with E-state index in [2.05, 4.69) is 4.98 Å². The highest BCUT2D eigenvalue weighted by atomic mass is 19.4. The average molecular weight is 586 g/mol. The van der Waals surface area contributed by atoms with Crippen molar-refractivity contribution in [2.75, 3.05) is 24.7 Å². The molecule has 0 unspecified atom stereocenters. The first-order valence-electron chi connectivity index (χ1n) is 13.0. The summed E-state index contributed by atoms with van der Waals surface area (Å²) < 4.78 is 74.8. The first kappa shape index (κ1) is 27.4. The Labute approximate surface area is 235 Å². The second kappa shape index (κ2) is 10.2. The number of halogens is 4. The number of hydrogen-bond donors (Lipinski definition) is 1. The lowest BCUT2D eigenvalue weighted by molar-refractivity contribution is -0.171. The number of aromatic nitrogens is 2. The third kappa shape index (κ3) is 4.64. The fourth-order valence-corrected chi connectivity index (χ4v) is 5.46. The normalized spacial score (nSPS) is 17.4. The highest BCUT2D eigenvalue weighted by Gasteiger charge is 2.48. The third-order valence-corrected chi connectivity index (χ3v) is 7.22. The maximum absolute atomic E-state index is 14.2. The van der Waals surface area contributed by atoms with Gasteiger partial charge in [0.1, 0.15) is 23.9 Å². The minimum Gasteiger partial charge on any atom is -0.493 e. The number of benzene rings is 3. The Morgan fingerprint density at radius 3 is 2.64 bits per heavy atom. The van der Waals surface area contributed by atoms with Crippen LogP contribution < -0.4 is 19.1 Å². The molecule has 0 spiro atoms. The van der Waals surface area contributed by atoms with Gasteiger partial charge in [0.25, 0.3) is 0 Å². The number of fused-ring (bicyclic) bond motifs is 3. The molecule has 1 amide bonds. The first-order chi connectivity index (χ1) is 20.1. The number of amides is 1. The molecule has 0 saturated heterocycles. The molecule has 0 radical (unpaired) electrons. The molecule has 13 heteroatoms. The summed E-state index contributed by atoms with van der Waals surface area (Å²) in [7, 11) is 0. The quantitative estimate of drug-likeness (QED) is 0.284. The number of ether oxygens (including phenoxy) is 3. The number of carbonyl (C=O) groups excluding carboxylic acids is 1. The largest absolute Gasteiger partial charge is 0.493 e. The van der Waals surface area contributed by atoms with Gasteiger partial charge in [-0.15, -0.1) is 0 Å². The Morgan fingerprint density at radius 2 is 1.90 bits per heavy atom. The van der Waals surface area contributed by atoms with Crippen molar-refractivity contribution in [1.82, 2.24) is 9.55 Å². The van der Waals surface area contributed by atoms with Crippen LogP contribution in [0, 0.1) is 5.82 Å². The van der Waals surface area contributed by atoms with Crippen LogP contribution in [0.15, 0.2) is 54.6 Å². The van der Waals surface area contributed by atoms with Gasteiger partial charge in [-0.25, -0.2) is 4.39 Å². The van der Waals surface area contributed by atoms with Crippen molar-refractivity contribution >= 4 is 28.6 Å². The standard InChI is InChI=1S/C29H23F4N3O6/c1-2-40-28-34-20-9-6-16(30)11-22(20)36(28)21-5-3-4-19-23(14-42-26(19)21)35(27(39)29(31,32)33)17-7-8-18-15(10-25(37)38)13-41-24(18)12-17/h3-9,11-12,15,23H,2,10,13-14H2,1H3,(H,37,38)/t15-,23-/m1/s1. The summed E-state index contributed by atoms with van der Waals surface area (Å²) in [6, 6.07) is 11.9. The summed E-state index contributed by atoms with van der Waals surface area (Å²) in [5.41, 5.74) is 1.86. The highest BCUT2D eigenvalue weighted by Crippen LogP contribution is 2.46. The monoisotopic (exact) mass is 585 g/mol. The van der Waals surface area contributed by atoms with E-state index in [-0.39, 0.29) is 55.0 Å². The number of nitrogens with zero attached hydrogens (tertiary/aromatic N) is 3. The average Bonchev–Trinajstić information content (AvgIpc) is 3.64. The van der Waals surface area contributed by atoms with E-state index in [1.807, 2.05) is 0 Å². The first-order valence-corrected chi connectivity index (χ1v) is 13.0. The molecule has 0 saturated carbocycles. The van der Waals surface area contributed by atoms with Gasteiger partial charge in [-0.05, 0) is 31.2 Å². The van der Waals surface area contributed by atoms with Gasteiger partial charge in [-0.3, -0.25) is 19.1 Å². The van der Waals surface area contributed by atoms with Crippen LogP contribution in [0.25, 0.3) is 16.7 Å². The summed E-state index contributed by atoms with van der Waals surface area (Å²) in [5.74, 6) is -3.74. The molecule has 42 heavy (non-hydrogen) atoms. The molecule has 4 aromatic rings. The van der Waals surface area contributed by atoms with Crippen LogP contribution in [0.1, 0.15) is 36.4 Å². The lowest BCUT2D eigenvalue weighted by Crippen LogP contribution is -2.44. The Balaban J connectivity index is 1.46. The van der Waals surface area contributed by atoms with Gasteiger partial charge in [0.15, 0.2) is 0 Å². The number of carbonyl (C=O) groups is 2. The summed E-state index contributed by atoms with van der Waals surface area (Å²) in [6.45, 7) is 1.74. The van der Waals surface area contributed by atoms with Crippen LogP contribution in [-0.4, -0.2) is 52.5 Å². The molecule has 2 aliphatic rings. The molecule has 6 rings (SSSR count).